The molecule has 0 aliphatic carbocycles. The maximum atomic E-state index is 12.2. The van der Waals surface area contributed by atoms with Crippen LogP contribution in [-0.4, -0.2) is 32.6 Å². The van der Waals surface area contributed by atoms with Gasteiger partial charge in [-0.3, -0.25) is 20.4 Å². The van der Waals surface area contributed by atoms with Crippen molar-refractivity contribution in [2.24, 2.45) is 0 Å². The Labute approximate surface area is 152 Å². The van der Waals surface area contributed by atoms with Crippen LogP contribution in [0.1, 0.15) is 22.8 Å². The smallest absolute Gasteiger partial charge is 0.276 e. The molecule has 2 amide bonds. The molecule has 0 radical (unpaired) electrons. The number of rotatable bonds is 7. The monoisotopic (exact) mass is 358 g/mol. The van der Waals surface area contributed by atoms with Gasteiger partial charge in [0.15, 0.2) is 6.61 Å². The standard InChI is InChI=1S/C19H22N2O5/c1-4-13-6-5-7-15(8-13)26-12-18(22)20-21-19(23)14-9-16(24-2)11-17(10-14)25-3/h5-11H,4,12H2,1-3H3,(H,20,22)(H,21,23). The van der Waals surface area contributed by atoms with Gasteiger partial charge in [0.05, 0.1) is 14.2 Å². The number of amides is 2. The van der Waals surface area contributed by atoms with E-state index in [9.17, 15) is 9.59 Å². The first kappa shape index (κ1) is 19.1. The van der Waals surface area contributed by atoms with E-state index in [0.717, 1.165) is 12.0 Å². The summed E-state index contributed by atoms with van der Waals surface area (Å²) in [5, 5.41) is 0. The third-order valence-corrected chi connectivity index (χ3v) is 3.61. The van der Waals surface area contributed by atoms with E-state index < -0.39 is 11.8 Å². The average Bonchev–Trinajstić information content (AvgIpc) is 2.69. The van der Waals surface area contributed by atoms with E-state index in [1.54, 1.807) is 12.1 Å². The van der Waals surface area contributed by atoms with Crippen molar-refractivity contribution in [1.82, 2.24) is 10.9 Å². The molecule has 0 spiro atoms. The van der Waals surface area contributed by atoms with Gasteiger partial charge in [0.1, 0.15) is 17.2 Å². The van der Waals surface area contributed by atoms with Crippen LogP contribution in [-0.2, 0) is 11.2 Å². The summed E-state index contributed by atoms with van der Waals surface area (Å²) in [5.74, 6) is 0.571. The van der Waals surface area contributed by atoms with Gasteiger partial charge in [-0.05, 0) is 36.2 Å². The zero-order valence-electron chi connectivity index (χ0n) is 15.0. The van der Waals surface area contributed by atoms with Crippen molar-refractivity contribution in [2.75, 3.05) is 20.8 Å². The Balaban J connectivity index is 1.87. The molecule has 0 fully saturated rings. The number of ether oxygens (including phenoxy) is 3. The third kappa shape index (κ3) is 5.41. The van der Waals surface area contributed by atoms with Gasteiger partial charge in [-0.1, -0.05) is 19.1 Å². The predicted molar refractivity (Wildman–Crippen MR) is 96.5 cm³/mol. The zero-order valence-corrected chi connectivity index (χ0v) is 15.0. The van der Waals surface area contributed by atoms with E-state index in [0.29, 0.717) is 17.2 Å². The Morgan fingerprint density at radius 2 is 1.62 bits per heavy atom. The van der Waals surface area contributed by atoms with Crippen molar-refractivity contribution in [2.45, 2.75) is 13.3 Å². The second-order valence-electron chi connectivity index (χ2n) is 5.39. The van der Waals surface area contributed by atoms with E-state index in [4.69, 9.17) is 14.2 Å². The van der Waals surface area contributed by atoms with Crippen molar-refractivity contribution in [3.8, 4) is 17.2 Å². The van der Waals surface area contributed by atoms with E-state index in [-0.39, 0.29) is 12.2 Å². The Bertz CT molecular complexity index is 754. The highest BCUT2D eigenvalue weighted by atomic mass is 16.5. The lowest BCUT2D eigenvalue weighted by molar-refractivity contribution is -0.123. The molecular weight excluding hydrogens is 336 g/mol. The normalized spacial score (nSPS) is 9.96. The molecule has 0 atom stereocenters. The summed E-state index contributed by atoms with van der Waals surface area (Å²) in [6.07, 6.45) is 0.878. The lowest BCUT2D eigenvalue weighted by Gasteiger charge is -2.11. The minimum atomic E-state index is -0.497. The van der Waals surface area contributed by atoms with E-state index in [2.05, 4.69) is 10.9 Å². The molecule has 0 aliphatic heterocycles. The van der Waals surface area contributed by atoms with Gasteiger partial charge in [0, 0.05) is 11.6 Å². The Kier molecular flexibility index (Phi) is 6.84. The number of nitrogens with one attached hydrogen (secondary N) is 2. The van der Waals surface area contributed by atoms with Crippen molar-refractivity contribution < 1.29 is 23.8 Å². The largest absolute Gasteiger partial charge is 0.497 e. The summed E-state index contributed by atoms with van der Waals surface area (Å²) in [4.78, 5) is 24.0. The van der Waals surface area contributed by atoms with E-state index in [1.165, 1.54) is 26.4 Å². The van der Waals surface area contributed by atoms with Crippen LogP contribution < -0.4 is 25.1 Å². The van der Waals surface area contributed by atoms with Crippen LogP contribution in [0.2, 0.25) is 0 Å². The maximum absolute atomic E-state index is 12.2. The van der Waals surface area contributed by atoms with Crippen molar-refractivity contribution in [3.05, 3.63) is 53.6 Å². The van der Waals surface area contributed by atoms with E-state index in [1.807, 2.05) is 25.1 Å². The van der Waals surface area contributed by atoms with Gasteiger partial charge in [-0.2, -0.15) is 0 Å². The number of hydrogen-bond donors (Lipinski definition) is 2. The molecule has 0 aromatic heterocycles. The van der Waals surface area contributed by atoms with Crippen LogP contribution in [0.5, 0.6) is 17.2 Å². The highest BCUT2D eigenvalue weighted by Gasteiger charge is 2.11. The summed E-state index contributed by atoms with van der Waals surface area (Å²) in [5.41, 5.74) is 6.04. The summed E-state index contributed by atoms with van der Waals surface area (Å²) >= 11 is 0. The molecule has 7 nitrogen and oxygen atoms in total. The summed E-state index contributed by atoms with van der Waals surface area (Å²) in [6.45, 7) is 1.82. The summed E-state index contributed by atoms with van der Waals surface area (Å²) in [6, 6.07) is 12.2. The highest BCUT2D eigenvalue weighted by Crippen LogP contribution is 2.22. The van der Waals surface area contributed by atoms with Gasteiger partial charge >= 0.3 is 0 Å². The molecule has 0 saturated heterocycles. The minimum Gasteiger partial charge on any atom is -0.497 e. The van der Waals surface area contributed by atoms with Crippen LogP contribution in [0.15, 0.2) is 42.5 Å². The molecule has 0 bridgehead atoms. The maximum Gasteiger partial charge on any atom is 0.276 e. The van der Waals surface area contributed by atoms with E-state index >= 15 is 0 Å². The quantitative estimate of drug-likeness (QED) is 0.741. The third-order valence-electron chi connectivity index (χ3n) is 3.61. The lowest BCUT2D eigenvalue weighted by atomic mass is 10.2. The molecule has 0 aliphatic rings. The molecule has 26 heavy (non-hydrogen) atoms. The fourth-order valence-electron chi connectivity index (χ4n) is 2.18. The minimum absolute atomic E-state index is 0.213. The molecule has 2 rings (SSSR count). The van der Waals surface area contributed by atoms with Gasteiger partial charge in [0.2, 0.25) is 0 Å². The molecule has 7 heteroatoms. The van der Waals surface area contributed by atoms with Gasteiger partial charge < -0.3 is 14.2 Å². The average molecular weight is 358 g/mol. The van der Waals surface area contributed by atoms with Crippen molar-refractivity contribution in [1.29, 1.82) is 0 Å². The summed E-state index contributed by atoms with van der Waals surface area (Å²) in [7, 11) is 2.98. The van der Waals surface area contributed by atoms with Gasteiger partial charge in [0.25, 0.3) is 11.8 Å². The number of hydrazine groups is 1. The molecule has 2 aromatic rings. The summed E-state index contributed by atoms with van der Waals surface area (Å²) < 4.78 is 15.6. The first-order chi connectivity index (χ1) is 12.5. The first-order valence-electron chi connectivity index (χ1n) is 8.09. The SMILES string of the molecule is CCc1cccc(OCC(=O)NNC(=O)c2cc(OC)cc(OC)c2)c1. The fraction of sp³-hybridized carbons (Fsp3) is 0.263. The lowest BCUT2D eigenvalue weighted by Crippen LogP contribution is -2.43. The molecule has 2 N–H and O–H groups in total. The number of aryl methyl sites for hydroxylation is 1. The van der Waals surface area contributed by atoms with Crippen LogP contribution in [0.4, 0.5) is 0 Å². The molecular formula is C19H22N2O5. The van der Waals surface area contributed by atoms with Crippen LogP contribution in [0.25, 0.3) is 0 Å². The fourth-order valence-corrected chi connectivity index (χ4v) is 2.18. The molecule has 0 unspecified atom stereocenters. The Morgan fingerprint density at radius 1 is 0.923 bits per heavy atom. The Morgan fingerprint density at radius 3 is 2.23 bits per heavy atom. The van der Waals surface area contributed by atoms with Crippen molar-refractivity contribution >= 4 is 11.8 Å². The van der Waals surface area contributed by atoms with Crippen LogP contribution >= 0.6 is 0 Å². The number of hydrogen-bond acceptors (Lipinski definition) is 5. The zero-order chi connectivity index (χ0) is 18.9. The second kappa shape index (κ2) is 9.31. The van der Waals surface area contributed by atoms with Gasteiger partial charge in [-0.25, -0.2) is 0 Å². The molecule has 0 heterocycles. The van der Waals surface area contributed by atoms with Crippen LogP contribution in [0, 0.1) is 0 Å². The number of carbonyl (C=O) groups excluding carboxylic acids is 2. The topological polar surface area (TPSA) is 85.9 Å². The number of methoxy groups -OCH3 is 2. The molecule has 138 valence electrons. The number of carbonyl (C=O) groups is 2. The van der Waals surface area contributed by atoms with Crippen LogP contribution in [0.3, 0.4) is 0 Å². The van der Waals surface area contributed by atoms with Crippen molar-refractivity contribution in [3.63, 3.8) is 0 Å². The highest BCUT2D eigenvalue weighted by molar-refractivity contribution is 5.96. The first-order valence-corrected chi connectivity index (χ1v) is 8.09. The predicted octanol–water partition coefficient (Wildman–Crippen LogP) is 2.11. The molecule has 2 aromatic carbocycles. The molecule has 0 saturated carbocycles. The van der Waals surface area contributed by atoms with Gasteiger partial charge in [-0.15, -0.1) is 0 Å². The Hall–Kier alpha value is -3.22. The number of benzene rings is 2. The second-order valence-corrected chi connectivity index (χ2v) is 5.39.